The monoisotopic (exact) mass is 320 g/mol. The number of nitrogens with zero attached hydrogens (tertiary/aromatic N) is 4. The molecule has 0 bridgehead atoms. The number of hydrogen-bond acceptors (Lipinski definition) is 3. The van der Waals surface area contributed by atoms with Crippen LogP contribution in [-0.2, 0) is 6.54 Å². The Balaban J connectivity index is 1.83. The quantitative estimate of drug-likeness (QED) is 0.700. The van der Waals surface area contributed by atoms with Gasteiger partial charge in [-0.05, 0) is 24.1 Å². The molecule has 0 saturated carbocycles. The molecular weight excluding hydrogens is 300 g/mol. The Kier molecular flexibility index (Phi) is 5.01. The van der Waals surface area contributed by atoms with Crippen molar-refractivity contribution in [3.8, 4) is 5.82 Å². The first-order chi connectivity index (χ1) is 11.8. The van der Waals surface area contributed by atoms with E-state index in [9.17, 15) is 4.79 Å². The normalized spacial score (nSPS) is 10.5. The smallest absolute Gasteiger partial charge is 0.254 e. The Bertz CT molecular complexity index is 784. The fraction of sp³-hybridized carbons (Fsp3) is 0.211. The summed E-state index contributed by atoms with van der Waals surface area (Å²) in [6.45, 7) is 3.40. The largest absolute Gasteiger partial charge is 0.334 e. The van der Waals surface area contributed by atoms with Gasteiger partial charge in [-0.1, -0.05) is 37.3 Å². The molecule has 1 amide bonds. The van der Waals surface area contributed by atoms with E-state index < -0.39 is 0 Å². The van der Waals surface area contributed by atoms with Gasteiger partial charge in [-0.15, -0.1) is 0 Å². The minimum atomic E-state index is 0.0180. The molecule has 0 fully saturated rings. The molecule has 0 aliphatic heterocycles. The topological polar surface area (TPSA) is 51.0 Å². The lowest BCUT2D eigenvalue weighted by molar-refractivity contribution is 0.0743. The average Bonchev–Trinajstić information content (AvgIpc) is 3.16. The fourth-order valence-corrected chi connectivity index (χ4v) is 2.60. The van der Waals surface area contributed by atoms with Gasteiger partial charge >= 0.3 is 0 Å². The maximum atomic E-state index is 12.9. The van der Waals surface area contributed by atoms with Crippen molar-refractivity contribution in [2.75, 3.05) is 6.54 Å². The number of benzene rings is 1. The standard InChI is InChI=1S/C19H20N4O/c1-2-11-22(14-16-6-4-3-5-7-16)19(24)17-8-9-21-18(13-17)23-12-10-20-15-23/h3-10,12-13,15H,2,11,14H2,1H3. The van der Waals surface area contributed by atoms with Crippen LogP contribution in [0.15, 0.2) is 67.4 Å². The molecule has 24 heavy (non-hydrogen) atoms. The average molecular weight is 320 g/mol. The number of hydrogen-bond donors (Lipinski definition) is 0. The van der Waals surface area contributed by atoms with Crippen LogP contribution in [0.5, 0.6) is 0 Å². The minimum absolute atomic E-state index is 0.0180. The highest BCUT2D eigenvalue weighted by atomic mass is 16.2. The zero-order valence-corrected chi connectivity index (χ0v) is 13.7. The van der Waals surface area contributed by atoms with Crippen molar-refractivity contribution in [3.05, 3.63) is 78.5 Å². The van der Waals surface area contributed by atoms with Gasteiger partial charge in [0.15, 0.2) is 0 Å². The summed E-state index contributed by atoms with van der Waals surface area (Å²) in [7, 11) is 0. The van der Waals surface area contributed by atoms with E-state index in [1.54, 1.807) is 35.4 Å². The molecule has 0 atom stereocenters. The summed E-state index contributed by atoms with van der Waals surface area (Å²) in [5.41, 5.74) is 1.77. The third-order valence-electron chi connectivity index (χ3n) is 3.76. The Hall–Kier alpha value is -2.95. The number of imidazole rings is 1. The van der Waals surface area contributed by atoms with Crippen molar-refractivity contribution in [1.82, 2.24) is 19.4 Å². The van der Waals surface area contributed by atoms with Crippen molar-refractivity contribution in [1.29, 1.82) is 0 Å². The highest BCUT2D eigenvalue weighted by Crippen LogP contribution is 2.13. The molecule has 2 heterocycles. The van der Waals surface area contributed by atoms with Crippen molar-refractivity contribution in [3.63, 3.8) is 0 Å². The summed E-state index contributed by atoms with van der Waals surface area (Å²) in [5, 5.41) is 0. The van der Waals surface area contributed by atoms with E-state index in [1.165, 1.54) is 0 Å². The van der Waals surface area contributed by atoms with Gasteiger partial charge in [0.25, 0.3) is 5.91 Å². The number of rotatable bonds is 6. The van der Waals surface area contributed by atoms with Crippen LogP contribution in [0, 0.1) is 0 Å². The van der Waals surface area contributed by atoms with Gasteiger partial charge in [0.05, 0.1) is 0 Å². The van der Waals surface area contributed by atoms with E-state index in [0.29, 0.717) is 17.9 Å². The van der Waals surface area contributed by atoms with E-state index in [1.807, 2.05) is 41.4 Å². The highest BCUT2D eigenvalue weighted by Gasteiger charge is 2.16. The zero-order chi connectivity index (χ0) is 16.8. The second-order valence-corrected chi connectivity index (χ2v) is 5.58. The lowest BCUT2D eigenvalue weighted by atomic mass is 10.1. The van der Waals surface area contributed by atoms with Crippen molar-refractivity contribution in [2.45, 2.75) is 19.9 Å². The van der Waals surface area contributed by atoms with Gasteiger partial charge in [-0.2, -0.15) is 0 Å². The molecule has 5 heteroatoms. The molecule has 0 aliphatic rings. The summed E-state index contributed by atoms with van der Waals surface area (Å²) in [5.74, 6) is 0.707. The summed E-state index contributed by atoms with van der Waals surface area (Å²) < 4.78 is 1.79. The van der Waals surface area contributed by atoms with Crippen LogP contribution >= 0.6 is 0 Å². The molecule has 0 N–H and O–H groups in total. The van der Waals surface area contributed by atoms with Gasteiger partial charge < -0.3 is 4.90 Å². The number of amides is 1. The van der Waals surface area contributed by atoms with Crippen molar-refractivity contribution < 1.29 is 4.79 Å². The second kappa shape index (κ2) is 7.55. The minimum Gasteiger partial charge on any atom is -0.334 e. The number of pyridine rings is 1. The van der Waals surface area contributed by atoms with Gasteiger partial charge in [-0.25, -0.2) is 9.97 Å². The molecule has 0 spiro atoms. The molecule has 5 nitrogen and oxygen atoms in total. The molecule has 1 aromatic carbocycles. The maximum Gasteiger partial charge on any atom is 0.254 e. The van der Waals surface area contributed by atoms with Crippen LogP contribution in [0.3, 0.4) is 0 Å². The first kappa shape index (κ1) is 15.9. The Morgan fingerprint density at radius 2 is 2.00 bits per heavy atom. The lowest BCUT2D eigenvalue weighted by Gasteiger charge is -2.22. The third kappa shape index (κ3) is 3.68. The third-order valence-corrected chi connectivity index (χ3v) is 3.76. The fourth-order valence-electron chi connectivity index (χ4n) is 2.60. The predicted octanol–water partition coefficient (Wildman–Crippen LogP) is 3.32. The number of carbonyl (C=O) groups is 1. The van der Waals surface area contributed by atoms with Crippen LogP contribution in [0.2, 0.25) is 0 Å². The van der Waals surface area contributed by atoms with Crippen LogP contribution < -0.4 is 0 Å². The van der Waals surface area contributed by atoms with Crippen LogP contribution in [0.1, 0.15) is 29.3 Å². The predicted molar refractivity (Wildman–Crippen MR) is 92.8 cm³/mol. The Morgan fingerprint density at radius 3 is 2.71 bits per heavy atom. The van der Waals surface area contributed by atoms with Crippen LogP contribution in [-0.4, -0.2) is 31.9 Å². The highest BCUT2D eigenvalue weighted by molar-refractivity contribution is 5.94. The zero-order valence-electron chi connectivity index (χ0n) is 13.7. The van der Waals surface area contributed by atoms with E-state index in [2.05, 4.69) is 16.9 Å². The maximum absolute atomic E-state index is 12.9. The summed E-state index contributed by atoms with van der Waals surface area (Å²) in [4.78, 5) is 23.1. The van der Waals surface area contributed by atoms with E-state index in [4.69, 9.17) is 0 Å². The molecule has 3 aromatic rings. The summed E-state index contributed by atoms with van der Waals surface area (Å²) in [6, 6.07) is 13.6. The molecule has 0 unspecified atom stereocenters. The molecule has 2 aromatic heterocycles. The van der Waals surface area contributed by atoms with Crippen molar-refractivity contribution in [2.24, 2.45) is 0 Å². The molecule has 0 aliphatic carbocycles. The van der Waals surface area contributed by atoms with Gasteiger partial charge in [0, 0.05) is 37.2 Å². The van der Waals surface area contributed by atoms with Gasteiger partial charge in [-0.3, -0.25) is 9.36 Å². The van der Waals surface area contributed by atoms with E-state index in [-0.39, 0.29) is 5.91 Å². The summed E-state index contributed by atoms with van der Waals surface area (Å²) >= 11 is 0. The summed E-state index contributed by atoms with van der Waals surface area (Å²) in [6.07, 6.45) is 7.75. The molecular formula is C19H20N4O. The first-order valence-electron chi connectivity index (χ1n) is 8.05. The van der Waals surface area contributed by atoms with Gasteiger partial charge in [0.1, 0.15) is 12.1 Å². The Labute approximate surface area is 141 Å². The number of aromatic nitrogens is 3. The SMILES string of the molecule is CCCN(Cc1ccccc1)C(=O)c1ccnc(-n2ccnc2)c1. The van der Waals surface area contributed by atoms with Crippen molar-refractivity contribution >= 4 is 5.91 Å². The van der Waals surface area contributed by atoms with Crippen LogP contribution in [0.4, 0.5) is 0 Å². The molecule has 122 valence electrons. The molecule has 3 rings (SSSR count). The van der Waals surface area contributed by atoms with Gasteiger partial charge in [0.2, 0.25) is 0 Å². The first-order valence-corrected chi connectivity index (χ1v) is 8.05. The lowest BCUT2D eigenvalue weighted by Crippen LogP contribution is -2.31. The van der Waals surface area contributed by atoms with E-state index in [0.717, 1.165) is 18.5 Å². The second-order valence-electron chi connectivity index (χ2n) is 5.58. The van der Waals surface area contributed by atoms with E-state index >= 15 is 0 Å². The Morgan fingerprint density at radius 1 is 1.17 bits per heavy atom. The molecule has 0 radical (unpaired) electrons. The molecule has 0 saturated heterocycles. The number of carbonyl (C=O) groups excluding carboxylic acids is 1. The van der Waals surface area contributed by atoms with Crippen LogP contribution in [0.25, 0.3) is 5.82 Å².